The summed E-state index contributed by atoms with van der Waals surface area (Å²) < 4.78 is 0. The van der Waals surface area contributed by atoms with Gasteiger partial charge in [-0.3, -0.25) is 10.2 Å². The molecule has 2 rings (SSSR count). The van der Waals surface area contributed by atoms with Gasteiger partial charge in [-0.15, -0.1) is 16.5 Å². The van der Waals surface area contributed by atoms with E-state index in [9.17, 15) is 10.1 Å². The van der Waals surface area contributed by atoms with Crippen LogP contribution in [0.4, 0.5) is 0 Å². The third-order valence-electron chi connectivity index (χ3n) is 3.46. The number of allylic oxidation sites excluding steroid dienone is 2. The van der Waals surface area contributed by atoms with Gasteiger partial charge in [0.05, 0.1) is 4.88 Å². The molecule has 0 spiro atoms. The first-order chi connectivity index (χ1) is 13.0. The first-order valence-electron chi connectivity index (χ1n) is 7.70. The highest BCUT2D eigenvalue weighted by molar-refractivity contribution is 7.99. The van der Waals surface area contributed by atoms with E-state index in [1.54, 1.807) is 6.08 Å². The van der Waals surface area contributed by atoms with Crippen LogP contribution < -0.4 is 5.56 Å². The number of aromatic nitrogens is 2. The van der Waals surface area contributed by atoms with Gasteiger partial charge in [0.1, 0.15) is 17.3 Å². The van der Waals surface area contributed by atoms with Gasteiger partial charge in [0.15, 0.2) is 11.0 Å². The van der Waals surface area contributed by atoms with E-state index in [0.29, 0.717) is 22.2 Å². The number of hydrogen-bond acceptors (Lipinski definition) is 7. The summed E-state index contributed by atoms with van der Waals surface area (Å²) in [6.07, 6.45) is 5.03. The summed E-state index contributed by atoms with van der Waals surface area (Å²) in [5.74, 6) is 0.289. The van der Waals surface area contributed by atoms with Crippen LogP contribution in [0, 0.1) is 22.3 Å². The number of nitrogens with zero attached hydrogens (tertiary/aromatic N) is 3. The lowest BCUT2D eigenvalue weighted by atomic mass is 10.1. The minimum absolute atomic E-state index is 0.00704. The zero-order chi connectivity index (χ0) is 19.8. The quantitative estimate of drug-likeness (QED) is 0.158. The fourth-order valence-electron chi connectivity index (χ4n) is 2.06. The van der Waals surface area contributed by atoms with Crippen LogP contribution in [0.25, 0.3) is 10.6 Å². The lowest BCUT2D eigenvalue weighted by molar-refractivity contribution is 0.937. The summed E-state index contributed by atoms with van der Waals surface area (Å²) in [6.45, 7) is 5.48. The van der Waals surface area contributed by atoms with E-state index < -0.39 is 5.56 Å². The topological polar surface area (TPSA) is 130 Å². The van der Waals surface area contributed by atoms with Crippen molar-refractivity contribution in [3.05, 3.63) is 69.4 Å². The molecular weight excluding hydrogens is 380 g/mol. The number of thiophene rings is 1. The van der Waals surface area contributed by atoms with E-state index in [-0.39, 0.29) is 11.4 Å². The standard InChI is InChI=1S/C18H16N6OS2/c1-3-11(8-12(4-2)16(20)24-21)10-27-18-22-15(14-6-5-7-26-14)13(9-19)17(25)23-18/h3-8,20-21H,2,10H2,1H3,(H,22,23,25)/b11-3+,12-8+,20-16?,24-21?. The van der Waals surface area contributed by atoms with Crippen LogP contribution in [0.1, 0.15) is 12.5 Å². The predicted octanol–water partition coefficient (Wildman–Crippen LogP) is 4.53. The number of H-pyrrole nitrogens is 1. The SMILES string of the molecule is C=C/C(=C\C(=C/C)CSc1nc(-c2cccs2)c(C#N)c(=O)[nH]1)C(=N)N=N. The van der Waals surface area contributed by atoms with Gasteiger partial charge in [0.2, 0.25) is 0 Å². The van der Waals surface area contributed by atoms with Gasteiger partial charge in [-0.1, -0.05) is 36.6 Å². The Labute approximate surface area is 164 Å². The van der Waals surface area contributed by atoms with Crippen LogP contribution >= 0.6 is 23.1 Å². The third-order valence-corrected chi connectivity index (χ3v) is 5.28. The molecule has 0 amide bonds. The molecule has 0 radical (unpaired) electrons. The second-order valence-corrected chi connectivity index (χ2v) is 7.01. The van der Waals surface area contributed by atoms with Crippen LogP contribution in [0.5, 0.6) is 0 Å². The molecule has 2 aromatic heterocycles. The summed E-state index contributed by atoms with van der Waals surface area (Å²) in [4.78, 5) is 20.0. The Morgan fingerprint density at radius 2 is 2.37 bits per heavy atom. The van der Waals surface area contributed by atoms with E-state index >= 15 is 0 Å². The molecule has 0 fully saturated rings. The van der Waals surface area contributed by atoms with Crippen LogP contribution in [0.2, 0.25) is 0 Å². The molecule has 2 heterocycles. The average Bonchev–Trinajstić information content (AvgIpc) is 3.22. The van der Waals surface area contributed by atoms with Gasteiger partial charge in [-0.2, -0.15) is 5.26 Å². The van der Waals surface area contributed by atoms with E-state index in [1.807, 2.05) is 36.6 Å². The molecule has 9 heteroatoms. The van der Waals surface area contributed by atoms with Gasteiger partial charge in [-0.25, -0.2) is 10.5 Å². The van der Waals surface area contributed by atoms with Crippen LogP contribution in [0.3, 0.4) is 0 Å². The summed E-state index contributed by atoms with van der Waals surface area (Å²) in [5, 5.41) is 22.3. The maximum Gasteiger partial charge on any atom is 0.270 e. The smallest absolute Gasteiger partial charge is 0.270 e. The Morgan fingerprint density at radius 3 is 2.93 bits per heavy atom. The molecule has 0 unspecified atom stereocenters. The van der Waals surface area contributed by atoms with Crippen molar-refractivity contribution in [2.24, 2.45) is 5.11 Å². The maximum atomic E-state index is 12.2. The Morgan fingerprint density at radius 1 is 1.59 bits per heavy atom. The number of thioether (sulfide) groups is 1. The maximum absolute atomic E-state index is 12.2. The van der Waals surface area contributed by atoms with Crippen LogP contribution in [0.15, 0.2) is 68.5 Å². The molecule has 0 atom stereocenters. The molecule has 27 heavy (non-hydrogen) atoms. The van der Waals surface area contributed by atoms with Crippen molar-refractivity contribution < 1.29 is 0 Å². The van der Waals surface area contributed by atoms with Gasteiger partial charge in [0, 0.05) is 11.3 Å². The van der Waals surface area contributed by atoms with Crippen molar-refractivity contribution >= 4 is 28.9 Å². The Kier molecular flexibility index (Phi) is 7.16. The van der Waals surface area contributed by atoms with Crippen molar-refractivity contribution in [3.8, 4) is 16.6 Å². The fraction of sp³-hybridized carbons (Fsp3) is 0.111. The predicted molar refractivity (Wildman–Crippen MR) is 109 cm³/mol. The highest BCUT2D eigenvalue weighted by atomic mass is 32.2. The molecule has 0 aliphatic carbocycles. The molecule has 7 nitrogen and oxygen atoms in total. The van der Waals surface area contributed by atoms with Crippen LogP contribution in [-0.4, -0.2) is 21.6 Å². The van der Waals surface area contributed by atoms with E-state index in [4.69, 9.17) is 10.9 Å². The largest absolute Gasteiger partial charge is 0.300 e. The zero-order valence-corrected chi connectivity index (χ0v) is 16.1. The molecule has 0 aliphatic rings. The van der Waals surface area contributed by atoms with Gasteiger partial charge in [-0.05, 0) is 30.0 Å². The van der Waals surface area contributed by atoms with Crippen molar-refractivity contribution in [2.75, 3.05) is 5.75 Å². The number of aromatic amines is 1. The Balaban J connectivity index is 2.30. The molecule has 0 saturated heterocycles. The molecule has 0 aliphatic heterocycles. The molecule has 0 aromatic carbocycles. The molecule has 2 aromatic rings. The summed E-state index contributed by atoms with van der Waals surface area (Å²) in [5.41, 5.74) is 8.12. The average molecular weight is 397 g/mol. The minimum Gasteiger partial charge on any atom is -0.300 e. The van der Waals surface area contributed by atoms with E-state index in [0.717, 1.165) is 10.5 Å². The van der Waals surface area contributed by atoms with Gasteiger partial charge >= 0.3 is 0 Å². The molecule has 3 N–H and O–H groups in total. The first kappa shape index (κ1) is 20.2. The Hall–Kier alpha value is -3.09. The fourth-order valence-corrected chi connectivity index (χ4v) is 3.66. The molecule has 136 valence electrons. The number of rotatable bonds is 7. The molecule has 0 saturated carbocycles. The summed E-state index contributed by atoms with van der Waals surface area (Å²) in [7, 11) is 0. The third kappa shape index (κ3) is 4.97. The highest BCUT2D eigenvalue weighted by Crippen LogP contribution is 2.26. The van der Waals surface area contributed by atoms with Crippen molar-refractivity contribution in [1.82, 2.24) is 9.97 Å². The lowest BCUT2D eigenvalue weighted by Crippen LogP contribution is -2.14. The van der Waals surface area contributed by atoms with E-state index in [1.165, 1.54) is 29.2 Å². The summed E-state index contributed by atoms with van der Waals surface area (Å²) in [6, 6.07) is 5.57. The second-order valence-electron chi connectivity index (χ2n) is 5.10. The van der Waals surface area contributed by atoms with Crippen LogP contribution in [-0.2, 0) is 0 Å². The lowest BCUT2D eigenvalue weighted by Gasteiger charge is -2.06. The Bertz CT molecular complexity index is 1030. The van der Waals surface area contributed by atoms with Crippen molar-refractivity contribution in [3.63, 3.8) is 0 Å². The monoisotopic (exact) mass is 396 g/mol. The number of nitriles is 1. The minimum atomic E-state index is -0.475. The van der Waals surface area contributed by atoms with Crippen molar-refractivity contribution in [2.45, 2.75) is 12.1 Å². The number of amidine groups is 1. The molecular formula is C18H16N6OS2. The molecule has 0 bridgehead atoms. The zero-order valence-electron chi connectivity index (χ0n) is 14.4. The highest BCUT2D eigenvalue weighted by Gasteiger charge is 2.14. The van der Waals surface area contributed by atoms with Gasteiger partial charge in [0.25, 0.3) is 5.56 Å². The van der Waals surface area contributed by atoms with Crippen molar-refractivity contribution in [1.29, 1.82) is 16.2 Å². The second kappa shape index (κ2) is 9.56. The van der Waals surface area contributed by atoms with Gasteiger partial charge < -0.3 is 4.98 Å². The number of nitrogens with one attached hydrogen (secondary N) is 3. The van der Waals surface area contributed by atoms with E-state index in [2.05, 4.69) is 21.7 Å². The normalized spacial score (nSPS) is 11.7. The number of hydrogen-bond donors (Lipinski definition) is 3. The summed E-state index contributed by atoms with van der Waals surface area (Å²) >= 11 is 2.71. The first-order valence-corrected chi connectivity index (χ1v) is 9.57.